The molecule has 0 saturated carbocycles. The van der Waals surface area contributed by atoms with Gasteiger partial charge < -0.3 is 0 Å². The first kappa shape index (κ1) is 13.2. The first-order valence-electron chi connectivity index (χ1n) is 4.70. The van der Waals surface area contributed by atoms with E-state index in [0.29, 0.717) is 10.3 Å². The van der Waals surface area contributed by atoms with Crippen LogP contribution in [0.2, 0.25) is 5.15 Å². The minimum atomic E-state index is 0.471. The van der Waals surface area contributed by atoms with Gasteiger partial charge in [-0.2, -0.15) is 0 Å². The second-order valence-electron chi connectivity index (χ2n) is 3.05. The van der Waals surface area contributed by atoms with Gasteiger partial charge in [0.2, 0.25) is 0 Å². The molecule has 88 valence electrons. The molecule has 0 amide bonds. The molecular weight excluding hydrogens is 340 g/mol. The molecule has 6 heteroatoms. The molecule has 1 aromatic heterocycles. The van der Waals surface area contributed by atoms with Crippen LogP contribution >= 0.6 is 51.1 Å². The molecule has 0 fully saturated rings. The summed E-state index contributed by atoms with van der Waals surface area (Å²) in [6.07, 6.45) is 1.93. The van der Waals surface area contributed by atoms with Gasteiger partial charge in [0, 0.05) is 15.4 Å². The van der Waals surface area contributed by atoms with Crippen LogP contribution in [0, 0.1) is 0 Å². The van der Waals surface area contributed by atoms with Crippen molar-refractivity contribution >= 4 is 51.1 Å². The van der Waals surface area contributed by atoms with Gasteiger partial charge in [0.05, 0.1) is 0 Å². The van der Waals surface area contributed by atoms with E-state index in [-0.39, 0.29) is 0 Å². The summed E-state index contributed by atoms with van der Waals surface area (Å²) >= 11 is 12.5. The molecule has 0 atom stereocenters. The third-order valence-corrected chi connectivity index (χ3v) is 4.57. The highest BCUT2D eigenvalue weighted by molar-refractivity contribution is 9.10. The van der Waals surface area contributed by atoms with E-state index in [9.17, 15) is 0 Å². The maximum absolute atomic E-state index is 5.95. The van der Waals surface area contributed by atoms with Crippen molar-refractivity contribution in [3.05, 3.63) is 40.0 Å². The Bertz CT molecular complexity index is 537. The van der Waals surface area contributed by atoms with Crippen molar-refractivity contribution in [1.29, 1.82) is 0 Å². The zero-order chi connectivity index (χ0) is 12.3. The van der Waals surface area contributed by atoms with E-state index < -0.39 is 0 Å². The van der Waals surface area contributed by atoms with E-state index in [0.717, 1.165) is 14.4 Å². The summed E-state index contributed by atoms with van der Waals surface area (Å²) in [5.41, 5.74) is 0. The van der Waals surface area contributed by atoms with Gasteiger partial charge in [-0.1, -0.05) is 47.3 Å². The van der Waals surface area contributed by atoms with Gasteiger partial charge in [-0.3, -0.25) is 0 Å². The number of hydrogen-bond donors (Lipinski definition) is 0. The Labute approximate surface area is 122 Å². The predicted molar refractivity (Wildman–Crippen MR) is 77.1 cm³/mol. The first-order valence-corrected chi connectivity index (χ1v) is 7.91. The molecule has 0 aliphatic carbocycles. The fourth-order valence-corrected chi connectivity index (χ4v) is 3.26. The zero-order valence-electron chi connectivity index (χ0n) is 8.85. The highest BCUT2D eigenvalue weighted by atomic mass is 79.9. The fourth-order valence-electron chi connectivity index (χ4n) is 1.16. The summed E-state index contributed by atoms with van der Waals surface area (Å²) in [4.78, 5) is 9.61. The largest absolute Gasteiger partial charge is 0.216 e. The van der Waals surface area contributed by atoms with Gasteiger partial charge in [0.25, 0.3) is 0 Å². The van der Waals surface area contributed by atoms with Crippen LogP contribution in [0.25, 0.3) is 0 Å². The molecule has 0 N–H and O–H groups in total. The van der Waals surface area contributed by atoms with Crippen LogP contribution in [0.3, 0.4) is 0 Å². The first-order chi connectivity index (χ1) is 8.19. The van der Waals surface area contributed by atoms with Gasteiger partial charge in [-0.25, -0.2) is 9.97 Å². The van der Waals surface area contributed by atoms with Gasteiger partial charge in [-0.05, 0) is 34.3 Å². The molecular formula is C11H8BrClN2S2. The Kier molecular flexibility index (Phi) is 4.73. The standard InChI is InChI=1S/C11H8BrClN2S2/c1-16-11-14-9(13)6-10(15-11)17-8-5-3-2-4-7(8)12/h2-6H,1H3. The number of hydrogen-bond acceptors (Lipinski definition) is 4. The number of nitrogens with zero attached hydrogens (tertiary/aromatic N) is 2. The van der Waals surface area contributed by atoms with Crippen molar-refractivity contribution in [1.82, 2.24) is 9.97 Å². The normalized spacial score (nSPS) is 10.5. The second kappa shape index (κ2) is 6.09. The monoisotopic (exact) mass is 346 g/mol. The molecule has 0 spiro atoms. The average molecular weight is 348 g/mol. The quantitative estimate of drug-likeness (QED) is 0.454. The van der Waals surface area contributed by atoms with E-state index >= 15 is 0 Å². The van der Waals surface area contributed by atoms with Crippen LogP contribution in [0.5, 0.6) is 0 Å². The van der Waals surface area contributed by atoms with E-state index in [1.807, 2.05) is 30.5 Å². The minimum Gasteiger partial charge on any atom is -0.216 e. The molecule has 0 aliphatic heterocycles. The van der Waals surface area contributed by atoms with E-state index in [4.69, 9.17) is 11.6 Å². The van der Waals surface area contributed by atoms with E-state index in [2.05, 4.69) is 25.9 Å². The fraction of sp³-hybridized carbons (Fsp3) is 0.0909. The molecule has 0 unspecified atom stereocenters. The number of aromatic nitrogens is 2. The molecule has 2 rings (SSSR count). The highest BCUT2D eigenvalue weighted by Gasteiger charge is 2.06. The Morgan fingerprint density at radius 2 is 2.00 bits per heavy atom. The van der Waals surface area contributed by atoms with Crippen LogP contribution < -0.4 is 0 Å². The van der Waals surface area contributed by atoms with Crippen molar-refractivity contribution in [3.63, 3.8) is 0 Å². The third kappa shape index (κ3) is 3.61. The van der Waals surface area contributed by atoms with Gasteiger partial charge in [0.15, 0.2) is 5.16 Å². The zero-order valence-corrected chi connectivity index (χ0v) is 12.8. The molecule has 0 bridgehead atoms. The van der Waals surface area contributed by atoms with Gasteiger partial charge >= 0.3 is 0 Å². The van der Waals surface area contributed by atoms with Crippen molar-refractivity contribution in [3.8, 4) is 0 Å². The Balaban J connectivity index is 2.30. The maximum atomic E-state index is 5.95. The van der Waals surface area contributed by atoms with Crippen LogP contribution in [-0.2, 0) is 0 Å². The summed E-state index contributed by atoms with van der Waals surface area (Å²) in [5.74, 6) is 0. The molecule has 2 aromatic rings. The molecule has 0 aliphatic rings. The van der Waals surface area contributed by atoms with Crippen LogP contribution in [0.4, 0.5) is 0 Å². The number of rotatable bonds is 3. The van der Waals surface area contributed by atoms with Crippen molar-refractivity contribution in [2.75, 3.05) is 6.26 Å². The van der Waals surface area contributed by atoms with Crippen molar-refractivity contribution < 1.29 is 0 Å². The van der Waals surface area contributed by atoms with E-state index in [1.54, 1.807) is 17.8 Å². The smallest absolute Gasteiger partial charge is 0.189 e. The molecule has 1 aromatic carbocycles. The lowest BCUT2D eigenvalue weighted by molar-refractivity contribution is 0.894. The van der Waals surface area contributed by atoms with E-state index in [1.165, 1.54) is 11.8 Å². The Morgan fingerprint density at radius 1 is 1.24 bits per heavy atom. The summed E-state index contributed by atoms with van der Waals surface area (Å²) in [6, 6.07) is 9.77. The lowest BCUT2D eigenvalue weighted by Crippen LogP contribution is -1.89. The maximum Gasteiger partial charge on any atom is 0.189 e. The molecule has 1 heterocycles. The topological polar surface area (TPSA) is 25.8 Å². The Morgan fingerprint density at radius 3 is 2.71 bits per heavy atom. The Hall–Kier alpha value is -0.230. The van der Waals surface area contributed by atoms with Crippen LogP contribution in [-0.4, -0.2) is 16.2 Å². The number of benzene rings is 1. The summed E-state index contributed by atoms with van der Waals surface area (Å²) < 4.78 is 1.05. The summed E-state index contributed by atoms with van der Waals surface area (Å²) in [5, 5.41) is 2.01. The molecule has 17 heavy (non-hydrogen) atoms. The molecule has 0 radical (unpaired) electrons. The second-order valence-corrected chi connectivity index (χ2v) is 6.13. The number of halogens is 2. The van der Waals surface area contributed by atoms with Crippen molar-refractivity contribution in [2.24, 2.45) is 0 Å². The van der Waals surface area contributed by atoms with Crippen LogP contribution in [0.15, 0.2) is 49.9 Å². The SMILES string of the molecule is CSc1nc(Cl)cc(Sc2ccccc2Br)n1. The number of thioether (sulfide) groups is 1. The average Bonchev–Trinajstić information content (AvgIpc) is 2.31. The summed E-state index contributed by atoms with van der Waals surface area (Å²) in [7, 11) is 0. The lowest BCUT2D eigenvalue weighted by atomic mass is 10.4. The van der Waals surface area contributed by atoms with Gasteiger partial charge in [0.1, 0.15) is 10.2 Å². The van der Waals surface area contributed by atoms with Gasteiger partial charge in [-0.15, -0.1) is 0 Å². The highest BCUT2D eigenvalue weighted by Crippen LogP contribution is 2.33. The third-order valence-electron chi connectivity index (χ3n) is 1.88. The molecule has 2 nitrogen and oxygen atoms in total. The molecule has 0 saturated heterocycles. The minimum absolute atomic E-state index is 0.471. The van der Waals surface area contributed by atoms with Crippen molar-refractivity contribution in [2.45, 2.75) is 15.1 Å². The van der Waals surface area contributed by atoms with Crippen LogP contribution in [0.1, 0.15) is 0 Å². The summed E-state index contributed by atoms with van der Waals surface area (Å²) in [6.45, 7) is 0. The lowest BCUT2D eigenvalue weighted by Gasteiger charge is -2.04. The predicted octanol–water partition coefficient (Wildman–Crippen LogP) is 4.77.